The molecular weight excluding hydrogens is 418 g/mol. The van der Waals surface area contributed by atoms with Gasteiger partial charge in [0.15, 0.2) is 11.7 Å². The largest absolute Gasteiger partial charge is 0.550 e. The second kappa shape index (κ2) is 13.1. The summed E-state index contributed by atoms with van der Waals surface area (Å²) in [5.41, 5.74) is -0.832. The maximum absolute atomic E-state index is 12.9. The topological polar surface area (TPSA) is 86.7 Å². The van der Waals surface area contributed by atoms with E-state index in [1.54, 1.807) is 0 Å². The van der Waals surface area contributed by atoms with Crippen LogP contribution in [0.3, 0.4) is 0 Å². The number of nitrogens with zero attached hydrogens (tertiary/aromatic N) is 1. The highest BCUT2D eigenvalue weighted by Gasteiger charge is 2.49. The number of carbonyl (C=O) groups excluding carboxylic acids is 2. The molecule has 1 saturated carbocycles. The van der Waals surface area contributed by atoms with E-state index in [9.17, 15) is 19.8 Å². The van der Waals surface area contributed by atoms with Crippen molar-refractivity contribution >= 4 is 11.9 Å². The molecule has 0 amide bonds. The Balaban J connectivity index is 0.000000328. The Morgan fingerprint density at radius 2 is 1.70 bits per heavy atom. The lowest BCUT2D eigenvalue weighted by atomic mass is 9.80. The molecule has 1 heterocycles. The van der Waals surface area contributed by atoms with Gasteiger partial charge in [-0.25, -0.2) is 4.79 Å². The lowest BCUT2D eigenvalue weighted by Crippen LogP contribution is -2.46. The molecule has 1 aromatic carbocycles. The SMILES string of the molecule is CCCCCCCC(=O)[O-].C[N+]1(C)CCC(OC(=O)C(O)(c2ccccc2)C2CCCC2)C1. The molecule has 6 heteroatoms. The van der Waals surface area contributed by atoms with Crippen molar-refractivity contribution in [2.45, 2.75) is 89.3 Å². The number of benzene rings is 1. The van der Waals surface area contributed by atoms with Crippen LogP contribution >= 0.6 is 0 Å². The minimum Gasteiger partial charge on any atom is -0.550 e. The predicted octanol–water partition coefficient (Wildman–Crippen LogP) is 3.55. The average Bonchev–Trinajstić information content (AvgIpc) is 3.44. The third-order valence-corrected chi connectivity index (χ3v) is 6.98. The van der Waals surface area contributed by atoms with E-state index in [-0.39, 0.29) is 18.4 Å². The molecular formula is C27H43NO5. The molecule has 1 saturated heterocycles. The van der Waals surface area contributed by atoms with Crippen LogP contribution in [0.25, 0.3) is 0 Å². The normalized spacial score (nSPS) is 21.6. The van der Waals surface area contributed by atoms with Gasteiger partial charge in [0.25, 0.3) is 0 Å². The van der Waals surface area contributed by atoms with Gasteiger partial charge in [0.1, 0.15) is 6.54 Å². The summed E-state index contributed by atoms with van der Waals surface area (Å²) >= 11 is 0. The lowest BCUT2D eigenvalue weighted by Gasteiger charge is -2.33. The van der Waals surface area contributed by atoms with Crippen molar-refractivity contribution in [3.8, 4) is 0 Å². The first-order valence-corrected chi connectivity index (χ1v) is 12.7. The number of carbonyl (C=O) groups is 2. The van der Waals surface area contributed by atoms with E-state index in [4.69, 9.17) is 4.74 Å². The van der Waals surface area contributed by atoms with Gasteiger partial charge in [0.2, 0.25) is 0 Å². The van der Waals surface area contributed by atoms with Crippen LogP contribution in [-0.2, 0) is 19.9 Å². The van der Waals surface area contributed by atoms with Gasteiger partial charge in [-0.15, -0.1) is 0 Å². The Hall–Kier alpha value is -1.92. The number of esters is 1. The molecule has 1 aliphatic heterocycles. The van der Waals surface area contributed by atoms with E-state index >= 15 is 0 Å². The zero-order valence-corrected chi connectivity index (χ0v) is 20.8. The van der Waals surface area contributed by atoms with Crippen LogP contribution in [-0.4, -0.2) is 54.8 Å². The van der Waals surface area contributed by atoms with Crippen LogP contribution in [0, 0.1) is 5.92 Å². The number of rotatable bonds is 10. The molecule has 0 radical (unpaired) electrons. The summed E-state index contributed by atoms with van der Waals surface area (Å²) < 4.78 is 6.64. The number of likely N-dealkylation sites (N-methyl/N-ethyl adjacent to an activating group) is 1. The van der Waals surface area contributed by atoms with Crippen molar-refractivity contribution in [3.63, 3.8) is 0 Å². The molecule has 1 aliphatic carbocycles. The maximum Gasteiger partial charge on any atom is 0.343 e. The predicted molar refractivity (Wildman–Crippen MR) is 127 cm³/mol. The second-order valence-corrected chi connectivity index (χ2v) is 10.3. The number of aliphatic carboxylic acids is 1. The standard InChI is InChI=1S/C19H28NO3.C8H16O2/c1-20(2)13-12-17(14-20)23-18(21)19(22,16-10-6-7-11-16)15-8-4-3-5-9-15;1-2-3-4-5-6-7-8(9)10/h3-5,8-9,16-17,22H,6-7,10-14H2,1-2H3;2-7H2,1H3,(H,9,10)/q+1;/p-1. The van der Waals surface area contributed by atoms with Gasteiger partial charge in [-0.1, -0.05) is 75.8 Å². The first-order chi connectivity index (χ1) is 15.7. The smallest absolute Gasteiger partial charge is 0.343 e. The summed E-state index contributed by atoms with van der Waals surface area (Å²) in [6.07, 6.45) is 10.3. The fourth-order valence-corrected chi connectivity index (χ4v) is 4.99. The number of aliphatic hydroxyl groups is 1. The molecule has 2 fully saturated rings. The van der Waals surface area contributed by atoms with Gasteiger partial charge in [0, 0.05) is 18.3 Å². The molecule has 1 aromatic rings. The Morgan fingerprint density at radius 1 is 1.06 bits per heavy atom. The number of hydrogen-bond acceptors (Lipinski definition) is 5. The number of unbranched alkanes of at least 4 members (excludes halogenated alkanes) is 4. The molecule has 2 atom stereocenters. The number of carboxylic acids is 1. The summed E-state index contributed by atoms with van der Waals surface area (Å²) in [7, 11) is 4.29. The van der Waals surface area contributed by atoms with Crippen molar-refractivity contribution in [1.82, 2.24) is 0 Å². The van der Waals surface area contributed by atoms with Crippen LogP contribution < -0.4 is 5.11 Å². The minimum atomic E-state index is -1.50. The molecule has 0 spiro atoms. The number of hydrogen-bond donors (Lipinski definition) is 1. The van der Waals surface area contributed by atoms with Crippen molar-refractivity contribution in [3.05, 3.63) is 35.9 Å². The summed E-state index contributed by atoms with van der Waals surface area (Å²) in [6, 6.07) is 9.33. The van der Waals surface area contributed by atoms with E-state index in [1.165, 1.54) is 12.8 Å². The fourth-order valence-electron chi connectivity index (χ4n) is 4.99. The Labute approximate surface area is 199 Å². The van der Waals surface area contributed by atoms with Crippen LogP contribution in [0.2, 0.25) is 0 Å². The average molecular weight is 462 g/mol. The van der Waals surface area contributed by atoms with E-state index in [0.717, 1.165) is 68.9 Å². The van der Waals surface area contributed by atoms with Gasteiger partial charge in [-0.3, -0.25) is 0 Å². The molecule has 2 aliphatic rings. The molecule has 0 bridgehead atoms. The number of ether oxygens (including phenoxy) is 1. The van der Waals surface area contributed by atoms with Gasteiger partial charge in [-0.05, 0) is 31.2 Å². The van der Waals surface area contributed by atoms with Gasteiger partial charge < -0.3 is 24.2 Å². The van der Waals surface area contributed by atoms with E-state index < -0.39 is 17.5 Å². The third kappa shape index (κ3) is 8.42. The van der Waals surface area contributed by atoms with E-state index in [1.807, 2.05) is 30.3 Å². The molecule has 33 heavy (non-hydrogen) atoms. The van der Waals surface area contributed by atoms with Crippen LogP contribution in [0.5, 0.6) is 0 Å². The molecule has 186 valence electrons. The summed E-state index contributed by atoms with van der Waals surface area (Å²) in [5.74, 6) is -1.42. The first-order valence-electron chi connectivity index (χ1n) is 12.7. The van der Waals surface area contributed by atoms with Gasteiger partial charge in [-0.2, -0.15) is 0 Å². The fraction of sp³-hybridized carbons (Fsp3) is 0.704. The monoisotopic (exact) mass is 461 g/mol. The lowest BCUT2D eigenvalue weighted by molar-refractivity contribution is -0.879. The van der Waals surface area contributed by atoms with Crippen LogP contribution in [0.4, 0.5) is 0 Å². The summed E-state index contributed by atoms with van der Waals surface area (Å²) in [6.45, 7) is 3.96. The molecule has 2 unspecified atom stereocenters. The quantitative estimate of drug-likeness (QED) is 0.327. The Bertz CT molecular complexity index is 729. The van der Waals surface area contributed by atoms with Gasteiger partial charge >= 0.3 is 5.97 Å². The van der Waals surface area contributed by atoms with Crippen LogP contribution in [0.1, 0.15) is 83.1 Å². The highest BCUT2D eigenvalue weighted by atomic mass is 16.6. The Kier molecular flexibility index (Phi) is 10.8. The maximum atomic E-state index is 12.9. The van der Waals surface area contributed by atoms with E-state index in [2.05, 4.69) is 21.0 Å². The number of carboxylic acid groups (broad SMARTS) is 1. The van der Waals surface area contributed by atoms with Gasteiger partial charge in [0.05, 0.1) is 20.6 Å². The zero-order valence-electron chi connectivity index (χ0n) is 20.8. The summed E-state index contributed by atoms with van der Waals surface area (Å²) in [4.78, 5) is 22.9. The van der Waals surface area contributed by atoms with Crippen molar-refractivity contribution in [2.75, 3.05) is 27.2 Å². The highest BCUT2D eigenvalue weighted by Crippen LogP contribution is 2.42. The minimum absolute atomic E-state index is 0.0405. The molecule has 6 nitrogen and oxygen atoms in total. The zero-order chi connectivity index (χ0) is 24.3. The molecule has 1 N–H and O–H groups in total. The number of quaternary nitrogens is 1. The highest BCUT2D eigenvalue weighted by molar-refractivity contribution is 5.81. The molecule has 3 rings (SSSR count). The van der Waals surface area contributed by atoms with Crippen LogP contribution in [0.15, 0.2) is 30.3 Å². The Morgan fingerprint density at radius 3 is 2.24 bits per heavy atom. The first kappa shape index (κ1) is 27.3. The van der Waals surface area contributed by atoms with Crippen molar-refractivity contribution in [1.29, 1.82) is 0 Å². The summed E-state index contributed by atoms with van der Waals surface area (Å²) in [5, 5.41) is 21.3. The van der Waals surface area contributed by atoms with Crippen molar-refractivity contribution < 1.29 is 29.0 Å². The number of likely N-dealkylation sites (tertiary alicyclic amines) is 1. The van der Waals surface area contributed by atoms with E-state index in [0.29, 0.717) is 5.56 Å². The molecule has 0 aromatic heterocycles. The van der Waals surface area contributed by atoms with Crippen molar-refractivity contribution in [2.24, 2.45) is 5.92 Å². The second-order valence-electron chi connectivity index (χ2n) is 10.3. The third-order valence-electron chi connectivity index (χ3n) is 6.98.